The van der Waals surface area contributed by atoms with Crippen molar-refractivity contribution in [2.75, 3.05) is 13.2 Å². The van der Waals surface area contributed by atoms with Gasteiger partial charge in [0.2, 0.25) is 11.8 Å². The Labute approximate surface area is 290 Å². The number of hydrogen-bond donors (Lipinski definition) is 2. The van der Waals surface area contributed by atoms with Crippen LogP contribution in [0, 0.1) is 0 Å². The molecule has 0 heterocycles. The molecule has 0 bridgehead atoms. The lowest BCUT2D eigenvalue weighted by atomic mass is 9.87. The number of fused-ring (bicyclic) bond motifs is 2. The van der Waals surface area contributed by atoms with Gasteiger partial charge in [0.25, 0.3) is 0 Å². The molecular weight excluding hydrogens is 628 g/mol. The smallest absolute Gasteiger partial charge is 0.338 e. The number of amides is 2. The van der Waals surface area contributed by atoms with Crippen molar-refractivity contribution in [3.05, 3.63) is 156 Å². The topological polar surface area (TPSA) is 111 Å². The van der Waals surface area contributed by atoms with E-state index in [9.17, 15) is 19.2 Å². The Bertz CT molecular complexity index is 2030. The molecule has 0 saturated heterocycles. The van der Waals surface area contributed by atoms with Gasteiger partial charge in [0.15, 0.2) is 0 Å². The van der Waals surface area contributed by atoms with Crippen molar-refractivity contribution in [2.45, 2.75) is 25.9 Å². The van der Waals surface area contributed by atoms with Gasteiger partial charge in [0.1, 0.15) is 13.2 Å². The SMILES string of the molecule is CC(=O)N[C@H](COC(=O)c1ccc2ccccc2c1-c1c(C(=O)OC[C@@H](NC(C)=O)c2ccccc2)ccc2ccccc12)c1ccccc1. The van der Waals surface area contributed by atoms with Gasteiger partial charge < -0.3 is 20.1 Å². The summed E-state index contributed by atoms with van der Waals surface area (Å²) < 4.78 is 11.8. The molecule has 0 fully saturated rings. The Morgan fingerprint density at radius 3 is 1.22 bits per heavy atom. The Morgan fingerprint density at radius 1 is 0.480 bits per heavy atom. The molecule has 50 heavy (non-hydrogen) atoms. The van der Waals surface area contributed by atoms with Gasteiger partial charge in [-0.2, -0.15) is 0 Å². The van der Waals surface area contributed by atoms with Gasteiger partial charge >= 0.3 is 11.9 Å². The Balaban J connectivity index is 1.43. The van der Waals surface area contributed by atoms with Crippen LogP contribution >= 0.6 is 0 Å². The van der Waals surface area contributed by atoms with E-state index in [0.29, 0.717) is 11.1 Å². The summed E-state index contributed by atoms with van der Waals surface area (Å²) in [5, 5.41) is 8.95. The van der Waals surface area contributed by atoms with Gasteiger partial charge in [0, 0.05) is 25.0 Å². The highest BCUT2D eigenvalue weighted by molar-refractivity contribution is 6.17. The lowest BCUT2D eigenvalue weighted by Gasteiger charge is -2.21. The van der Waals surface area contributed by atoms with Gasteiger partial charge in [-0.1, -0.05) is 121 Å². The number of nitrogens with one attached hydrogen (secondary N) is 2. The fraction of sp³-hybridized carbons (Fsp3) is 0.143. The molecule has 6 rings (SSSR count). The van der Waals surface area contributed by atoms with Crippen molar-refractivity contribution >= 4 is 45.3 Å². The van der Waals surface area contributed by atoms with Gasteiger partial charge in [-0.3, -0.25) is 9.59 Å². The second-order valence-electron chi connectivity index (χ2n) is 11.9. The van der Waals surface area contributed by atoms with E-state index in [-0.39, 0.29) is 36.2 Å². The molecule has 0 aliphatic rings. The van der Waals surface area contributed by atoms with Crippen LogP contribution in [-0.2, 0) is 19.1 Å². The van der Waals surface area contributed by atoms with Gasteiger partial charge in [-0.25, -0.2) is 9.59 Å². The highest BCUT2D eigenvalue weighted by atomic mass is 16.5. The van der Waals surface area contributed by atoms with Gasteiger partial charge in [0.05, 0.1) is 23.2 Å². The number of esters is 2. The van der Waals surface area contributed by atoms with E-state index in [1.807, 2.05) is 121 Å². The molecule has 6 aromatic carbocycles. The highest BCUT2D eigenvalue weighted by Crippen LogP contribution is 2.40. The largest absolute Gasteiger partial charge is 0.460 e. The number of hydrogen-bond acceptors (Lipinski definition) is 6. The summed E-state index contributed by atoms with van der Waals surface area (Å²) in [6.07, 6.45) is 0. The van der Waals surface area contributed by atoms with E-state index in [0.717, 1.165) is 32.7 Å². The van der Waals surface area contributed by atoms with E-state index in [1.54, 1.807) is 12.1 Å². The van der Waals surface area contributed by atoms with E-state index < -0.39 is 24.0 Å². The lowest BCUT2D eigenvalue weighted by Crippen LogP contribution is -2.30. The lowest BCUT2D eigenvalue weighted by molar-refractivity contribution is -0.120. The summed E-state index contributed by atoms with van der Waals surface area (Å²) in [5.74, 6) is -1.74. The molecule has 0 unspecified atom stereocenters. The molecule has 8 heteroatoms. The standard InChI is InChI=1S/C42H36N2O6/c1-27(45)43-37(31-15-5-3-6-16-31)25-49-41(47)35-23-21-29-13-9-11-19-33(29)39(35)40-34-20-12-10-14-30(34)22-24-36(40)42(48)50-26-38(44-28(2)46)32-17-7-4-8-18-32/h3-24,37-38H,25-26H2,1-2H3,(H,43,45)(H,44,46)/t37-,38-/m1/s1. The molecule has 0 aliphatic heterocycles. The van der Waals surface area contributed by atoms with E-state index in [2.05, 4.69) is 10.6 Å². The molecule has 0 aromatic heterocycles. The Hall–Kier alpha value is -6.28. The first-order valence-electron chi connectivity index (χ1n) is 16.3. The van der Waals surface area contributed by atoms with Crippen LogP contribution in [0.25, 0.3) is 32.7 Å². The van der Waals surface area contributed by atoms with E-state index in [4.69, 9.17) is 9.47 Å². The number of benzene rings is 6. The maximum Gasteiger partial charge on any atom is 0.338 e. The quantitative estimate of drug-likeness (QED) is 0.137. The molecule has 0 saturated carbocycles. The minimum atomic E-state index is -0.612. The third-order valence-corrected chi connectivity index (χ3v) is 8.47. The second kappa shape index (κ2) is 15.3. The van der Waals surface area contributed by atoms with Crippen LogP contribution in [-0.4, -0.2) is 37.0 Å². The number of carbonyl (C=O) groups excluding carboxylic acids is 4. The first-order valence-corrected chi connectivity index (χ1v) is 16.3. The van der Waals surface area contributed by atoms with Crippen molar-refractivity contribution in [3.63, 3.8) is 0 Å². The normalized spacial score (nSPS) is 12.1. The summed E-state index contributed by atoms with van der Waals surface area (Å²) in [7, 11) is 0. The number of ether oxygens (including phenoxy) is 2. The fourth-order valence-electron chi connectivity index (χ4n) is 6.20. The minimum Gasteiger partial charge on any atom is -0.460 e. The maximum atomic E-state index is 14.1. The van der Waals surface area contributed by atoms with Crippen molar-refractivity contribution in [2.24, 2.45) is 0 Å². The Morgan fingerprint density at radius 2 is 0.840 bits per heavy atom. The predicted octanol–water partition coefficient (Wildman–Crippen LogP) is 7.73. The van der Waals surface area contributed by atoms with Crippen LogP contribution in [0.15, 0.2) is 133 Å². The zero-order valence-electron chi connectivity index (χ0n) is 27.7. The minimum absolute atomic E-state index is 0.108. The third-order valence-electron chi connectivity index (χ3n) is 8.47. The Kier molecular flexibility index (Phi) is 10.3. The highest BCUT2D eigenvalue weighted by Gasteiger charge is 2.26. The molecule has 2 amide bonds. The van der Waals surface area contributed by atoms with Crippen molar-refractivity contribution in [1.29, 1.82) is 0 Å². The first kappa shape index (κ1) is 33.6. The summed E-state index contributed by atoms with van der Waals surface area (Å²) in [5.41, 5.74) is 3.14. The third kappa shape index (κ3) is 7.55. The van der Waals surface area contributed by atoms with Crippen molar-refractivity contribution in [3.8, 4) is 11.1 Å². The second-order valence-corrected chi connectivity index (χ2v) is 11.9. The van der Waals surface area contributed by atoms with Gasteiger partial charge in [-0.05, 0) is 44.8 Å². The first-order chi connectivity index (χ1) is 24.3. The monoisotopic (exact) mass is 664 g/mol. The summed E-state index contributed by atoms with van der Waals surface area (Å²) >= 11 is 0. The maximum absolute atomic E-state index is 14.1. The average molecular weight is 665 g/mol. The zero-order chi connectivity index (χ0) is 35.0. The van der Waals surface area contributed by atoms with Crippen molar-refractivity contribution < 1.29 is 28.7 Å². The van der Waals surface area contributed by atoms with Gasteiger partial charge in [-0.15, -0.1) is 0 Å². The van der Waals surface area contributed by atoms with E-state index >= 15 is 0 Å². The van der Waals surface area contributed by atoms with Crippen LogP contribution in [0.1, 0.15) is 57.8 Å². The van der Waals surface area contributed by atoms with Crippen LogP contribution in [0.5, 0.6) is 0 Å². The van der Waals surface area contributed by atoms with E-state index in [1.165, 1.54) is 13.8 Å². The molecule has 0 aliphatic carbocycles. The zero-order valence-corrected chi connectivity index (χ0v) is 27.7. The fourth-order valence-corrected chi connectivity index (χ4v) is 6.20. The van der Waals surface area contributed by atoms with Crippen molar-refractivity contribution in [1.82, 2.24) is 10.6 Å². The molecule has 0 spiro atoms. The van der Waals surface area contributed by atoms with Crippen LogP contribution in [0.4, 0.5) is 0 Å². The molecule has 8 nitrogen and oxygen atoms in total. The number of carbonyl (C=O) groups is 4. The predicted molar refractivity (Wildman–Crippen MR) is 193 cm³/mol. The van der Waals surface area contributed by atoms with Crippen LogP contribution in [0.2, 0.25) is 0 Å². The summed E-state index contributed by atoms with van der Waals surface area (Å²) in [6.45, 7) is 2.61. The average Bonchev–Trinajstić information content (AvgIpc) is 3.14. The molecule has 6 aromatic rings. The summed E-state index contributed by atoms with van der Waals surface area (Å²) in [6, 6.07) is 39.8. The molecule has 2 atom stereocenters. The number of rotatable bonds is 11. The van der Waals surface area contributed by atoms with Crippen LogP contribution in [0.3, 0.4) is 0 Å². The molecule has 250 valence electrons. The van der Waals surface area contributed by atoms with Crippen LogP contribution < -0.4 is 10.6 Å². The molecule has 0 radical (unpaired) electrons. The molecular formula is C42H36N2O6. The summed E-state index contributed by atoms with van der Waals surface area (Å²) in [4.78, 5) is 52.3. The molecule has 2 N–H and O–H groups in total.